The highest BCUT2D eigenvalue weighted by molar-refractivity contribution is 6.53. The molecule has 0 fully saturated rings. The highest BCUT2D eigenvalue weighted by atomic mass is 35.5. The molecule has 3 aromatic carbocycles. The molecule has 0 radical (unpaired) electrons. The van der Waals surface area contributed by atoms with Gasteiger partial charge in [0.05, 0.1) is 15.7 Å². The molecule has 0 saturated carbocycles. The Morgan fingerprint density at radius 3 is 2.26 bits per heavy atom. The Kier molecular flexibility index (Phi) is 6.86. The lowest BCUT2D eigenvalue weighted by atomic mass is 10.1. The Labute approximate surface area is 215 Å². The summed E-state index contributed by atoms with van der Waals surface area (Å²) in [7, 11) is 0. The molecule has 0 aromatic heterocycles. The number of hydrogen-bond acceptors (Lipinski definition) is 4. The highest BCUT2D eigenvalue weighted by Crippen LogP contribution is 2.33. The zero-order valence-electron chi connectivity index (χ0n) is 17.5. The van der Waals surface area contributed by atoms with Gasteiger partial charge in [-0.3, -0.25) is 14.4 Å². The van der Waals surface area contributed by atoms with Crippen LogP contribution in [0.15, 0.2) is 71.4 Å². The molecule has 0 unspecified atom stereocenters. The van der Waals surface area contributed by atoms with Gasteiger partial charge in [0.1, 0.15) is 10.7 Å². The number of imide groups is 1. The molecule has 0 aliphatic carbocycles. The van der Waals surface area contributed by atoms with Crippen molar-refractivity contribution in [3.63, 3.8) is 0 Å². The summed E-state index contributed by atoms with van der Waals surface area (Å²) in [6.45, 7) is 1.86. The number of nitrogens with zero attached hydrogens (tertiary/aromatic N) is 1. The second kappa shape index (κ2) is 9.68. The molecular formula is C24H15Cl4N3O3. The van der Waals surface area contributed by atoms with Crippen LogP contribution in [0.5, 0.6) is 0 Å². The van der Waals surface area contributed by atoms with Crippen LogP contribution in [0.4, 0.5) is 17.1 Å². The SMILES string of the molecule is Cc1ccc(NC(=O)c2cccc(NC3=C(Cl)C(=O)N(c4ccc(Cl)c(Cl)c4)C3=O)c2)cc1Cl. The van der Waals surface area contributed by atoms with E-state index in [1.54, 1.807) is 36.4 Å². The molecule has 3 aromatic rings. The molecule has 0 saturated heterocycles. The Hall–Kier alpha value is -3.03. The molecule has 10 heteroatoms. The second-order valence-corrected chi connectivity index (χ2v) is 8.96. The minimum absolute atomic E-state index is 0.124. The number of carbonyl (C=O) groups is 3. The van der Waals surface area contributed by atoms with Crippen molar-refractivity contribution in [2.75, 3.05) is 15.5 Å². The van der Waals surface area contributed by atoms with Gasteiger partial charge in [-0.15, -0.1) is 0 Å². The minimum atomic E-state index is -0.710. The lowest BCUT2D eigenvalue weighted by molar-refractivity contribution is -0.120. The maximum atomic E-state index is 13.0. The van der Waals surface area contributed by atoms with Gasteiger partial charge in [0.25, 0.3) is 17.7 Å². The van der Waals surface area contributed by atoms with E-state index in [2.05, 4.69) is 10.6 Å². The van der Waals surface area contributed by atoms with E-state index in [0.717, 1.165) is 10.5 Å². The number of anilines is 3. The van der Waals surface area contributed by atoms with Crippen molar-refractivity contribution in [3.05, 3.63) is 97.6 Å². The van der Waals surface area contributed by atoms with Crippen LogP contribution in [0.1, 0.15) is 15.9 Å². The van der Waals surface area contributed by atoms with E-state index in [4.69, 9.17) is 46.4 Å². The maximum Gasteiger partial charge on any atom is 0.283 e. The lowest BCUT2D eigenvalue weighted by Gasteiger charge is -2.16. The number of halogens is 4. The summed E-state index contributed by atoms with van der Waals surface area (Å²) in [5.74, 6) is -1.76. The van der Waals surface area contributed by atoms with Crippen LogP contribution in [-0.4, -0.2) is 17.7 Å². The predicted octanol–water partition coefficient (Wildman–Crippen LogP) is 6.64. The van der Waals surface area contributed by atoms with Gasteiger partial charge >= 0.3 is 0 Å². The van der Waals surface area contributed by atoms with Gasteiger partial charge in [0, 0.05) is 22.0 Å². The van der Waals surface area contributed by atoms with Gasteiger partial charge in [-0.05, 0) is 61.0 Å². The summed E-state index contributed by atoms with van der Waals surface area (Å²) in [4.78, 5) is 39.2. The van der Waals surface area contributed by atoms with Gasteiger partial charge in [0.2, 0.25) is 0 Å². The van der Waals surface area contributed by atoms with E-state index in [1.165, 1.54) is 24.3 Å². The lowest BCUT2D eigenvalue weighted by Crippen LogP contribution is -2.32. The van der Waals surface area contributed by atoms with E-state index < -0.39 is 11.8 Å². The molecule has 6 nitrogen and oxygen atoms in total. The first kappa shape index (κ1) is 24.1. The van der Waals surface area contributed by atoms with Crippen molar-refractivity contribution in [2.24, 2.45) is 0 Å². The molecular weight excluding hydrogens is 520 g/mol. The molecule has 4 rings (SSSR count). The highest BCUT2D eigenvalue weighted by Gasteiger charge is 2.39. The number of nitrogens with one attached hydrogen (secondary N) is 2. The predicted molar refractivity (Wildman–Crippen MR) is 136 cm³/mol. The maximum absolute atomic E-state index is 13.0. The monoisotopic (exact) mass is 533 g/mol. The quantitative estimate of drug-likeness (QED) is 0.359. The first-order valence-corrected chi connectivity index (χ1v) is 11.3. The van der Waals surface area contributed by atoms with E-state index in [-0.39, 0.29) is 32.4 Å². The normalized spacial score (nSPS) is 13.5. The van der Waals surface area contributed by atoms with E-state index in [9.17, 15) is 14.4 Å². The third-order valence-corrected chi connectivity index (χ3v) is 6.51. The van der Waals surface area contributed by atoms with Crippen molar-refractivity contribution in [3.8, 4) is 0 Å². The van der Waals surface area contributed by atoms with Crippen LogP contribution in [0.2, 0.25) is 15.1 Å². The van der Waals surface area contributed by atoms with Gasteiger partial charge in [-0.25, -0.2) is 4.90 Å². The average molecular weight is 535 g/mol. The fourth-order valence-corrected chi connectivity index (χ4v) is 3.91. The fourth-order valence-electron chi connectivity index (χ4n) is 3.23. The van der Waals surface area contributed by atoms with E-state index in [0.29, 0.717) is 22.0 Å². The van der Waals surface area contributed by atoms with Crippen LogP contribution < -0.4 is 15.5 Å². The number of rotatable bonds is 5. The first-order chi connectivity index (χ1) is 16.2. The van der Waals surface area contributed by atoms with Crippen molar-refractivity contribution in [1.82, 2.24) is 0 Å². The zero-order valence-corrected chi connectivity index (χ0v) is 20.5. The van der Waals surface area contributed by atoms with Crippen molar-refractivity contribution in [2.45, 2.75) is 6.92 Å². The summed E-state index contributed by atoms with van der Waals surface area (Å²) in [5.41, 5.74) is 2.24. The molecule has 2 N–H and O–H groups in total. The zero-order chi connectivity index (χ0) is 24.6. The Bertz CT molecular complexity index is 1390. The fraction of sp³-hybridized carbons (Fsp3) is 0.0417. The van der Waals surface area contributed by atoms with Gasteiger partial charge in [-0.1, -0.05) is 58.5 Å². The summed E-state index contributed by atoms with van der Waals surface area (Å²) in [5, 5.41) is 6.33. The number of amides is 3. The van der Waals surface area contributed by atoms with Gasteiger partial charge in [0.15, 0.2) is 0 Å². The van der Waals surface area contributed by atoms with Gasteiger partial charge in [-0.2, -0.15) is 0 Å². The van der Waals surface area contributed by atoms with Crippen LogP contribution >= 0.6 is 46.4 Å². The molecule has 1 aliphatic heterocycles. The van der Waals surface area contributed by atoms with Crippen molar-refractivity contribution >= 4 is 81.2 Å². The number of hydrogen-bond donors (Lipinski definition) is 2. The number of aryl methyl sites for hydroxylation is 1. The Balaban J connectivity index is 1.54. The van der Waals surface area contributed by atoms with E-state index in [1.807, 2.05) is 6.92 Å². The minimum Gasteiger partial charge on any atom is -0.350 e. The molecule has 1 heterocycles. The third kappa shape index (κ3) is 4.76. The topological polar surface area (TPSA) is 78.5 Å². The van der Waals surface area contributed by atoms with Crippen LogP contribution in [0.25, 0.3) is 0 Å². The molecule has 0 spiro atoms. The van der Waals surface area contributed by atoms with Crippen molar-refractivity contribution in [1.29, 1.82) is 0 Å². The molecule has 34 heavy (non-hydrogen) atoms. The standard InChI is InChI=1S/C24H15Cl4N3O3/c1-12-5-6-15(10-18(12)26)30-22(32)13-3-2-4-14(9-13)29-21-20(28)23(33)31(24(21)34)16-7-8-17(25)19(27)11-16/h2-11,29H,1H3,(H,30,32). The largest absolute Gasteiger partial charge is 0.350 e. The smallest absolute Gasteiger partial charge is 0.283 e. The Morgan fingerprint density at radius 2 is 1.56 bits per heavy atom. The van der Waals surface area contributed by atoms with E-state index >= 15 is 0 Å². The molecule has 1 aliphatic rings. The number of carbonyl (C=O) groups excluding carboxylic acids is 3. The molecule has 0 bridgehead atoms. The van der Waals surface area contributed by atoms with Crippen molar-refractivity contribution < 1.29 is 14.4 Å². The summed E-state index contributed by atoms with van der Waals surface area (Å²) in [6.07, 6.45) is 0. The molecule has 0 atom stereocenters. The average Bonchev–Trinajstić information content (AvgIpc) is 3.01. The van der Waals surface area contributed by atoms with Gasteiger partial charge < -0.3 is 10.6 Å². The van der Waals surface area contributed by atoms with Crippen LogP contribution in [0, 0.1) is 6.92 Å². The van der Waals surface area contributed by atoms with Crippen LogP contribution in [-0.2, 0) is 9.59 Å². The summed E-state index contributed by atoms with van der Waals surface area (Å²) < 4.78 is 0. The third-order valence-electron chi connectivity index (χ3n) is 5.01. The second-order valence-electron chi connectivity index (χ2n) is 7.36. The number of benzene rings is 3. The summed E-state index contributed by atoms with van der Waals surface area (Å²) >= 11 is 24.2. The first-order valence-electron chi connectivity index (χ1n) is 9.84. The molecule has 3 amide bonds. The molecule has 172 valence electrons. The Morgan fingerprint density at radius 1 is 0.794 bits per heavy atom. The van der Waals surface area contributed by atoms with Crippen LogP contribution in [0.3, 0.4) is 0 Å². The summed E-state index contributed by atoms with van der Waals surface area (Å²) in [6, 6.07) is 16.0.